The molecule has 0 heterocycles. The van der Waals surface area contributed by atoms with E-state index in [0.717, 1.165) is 18.4 Å². The highest BCUT2D eigenvalue weighted by Crippen LogP contribution is 2.36. The highest BCUT2D eigenvalue weighted by Gasteiger charge is 2.31. The molecule has 14 heavy (non-hydrogen) atoms. The fourth-order valence-corrected chi connectivity index (χ4v) is 1.92. The van der Waals surface area contributed by atoms with Gasteiger partial charge in [-0.15, -0.1) is 0 Å². The molecule has 1 unspecified atom stereocenters. The van der Waals surface area contributed by atoms with Gasteiger partial charge in [-0.05, 0) is 37.8 Å². The van der Waals surface area contributed by atoms with Gasteiger partial charge in [0, 0.05) is 0 Å². The molecule has 0 bridgehead atoms. The second-order valence-corrected chi connectivity index (χ2v) is 3.93. The SMILES string of the molecule is CC.Cc1ccc2c(c1)C(C)(O)CC2. The molecular formula is C13H20O. The standard InChI is InChI=1S/C11H14O.C2H6/c1-8-3-4-9-5-6-11(2,12)10(9)7-8;1-2/h3-4,7,12H,5-6H2,1-2H3;1-2H3. The van der Waals surface area contributed by atoms with Crippen molar-refractivity contribution in [2.75, 3.05) is 0 Å². The molecule has 1 heteroatoms. The van der Waals surface area contributed by atoms with Crippen LogP contribution in [0.4, 0.5) is 0 Å². The molecule has 0 radical (unpaired) electrons. The lowest BCUT2D eigenvalue weighted by Crippen LogP contribution is -2.16. The van der Waals surface area contributed by atoms with E-state index in [1.54, 1.807) is 0 Å². The Hall–Kier alpha value is -0.820. The molecule has 1 aromatic carbocycles. The van der Waals surface area contributed by atoms with Gasteiger partial charge in [-0.2, -0.15) is 0 Å². The van der Waals surface area contributed by atoms with E-state index >= 15 is 0 Å². The summed E-state index contributed by atoms with van der Waals surface area (Å²) in [6, 6.07) is 6.34. The van der Waals surface area contributed by atoms with Gasteiger partial charge in [0.05, 0.1) is 5.60 Å². The van der Waals surface area contributed by atoms with Gasteiger partial charge in [0.25, 0.3) is 0 Å². The smallest absolute Gasteiger partial charge is 0.0874 e. The molecule has 0 fully saturated rings. The summed E-state index contributed by atoms with van der Waals surface area (Å²) in [5.41, 5.74) is 3.09. The molecule has 2 rings (SSSR count). The fourth-order valence-electron chi connectivity index (χ4n) is 1.92. The van der Waals surface area contributed by atoms with E-state index in [2.05, 4.69) is 25.1 Å². The number of rotatable bonds is 0. The number of aliphatic hydroxyl groups is 1. The van der Waals surface area contributed by atoms with Crippen LogP contribution in [0.25, 0.3) is 0 Å². The lowest BCUT2D eigenvalue weighted by atomic mass is 9.97. The second-order valence-electron chi connectivity index (χ2n) is 3.93. The van der Waals surface area contributed by atoms with Gasteiger partial charge in [-0.25, -0.2) is 0 Å². The first-order valence-electron chi connectivity index (χ1n) is 5.42. The van der Waals surface area contributed by atoms with E-state index < -0.39 is 5.60 Å². The molecule has 1 aliphatic rings. The zero-order chi connectivity index (χ0) is 10.8. The van der Waals surface area contributed by atoms with Crippen LogP contribution in [0.3, 0.4) is 0 Å². The predicted molar refractivity (Wildman–Crippen MR) is 60.4 cm³/mol. The van der Waals surface area contributed by atoms with Crippen LogP contribution in [0.5, 0.6) is 0 Å². The van der Waals surface area contributed by atoms with Crippen LogP contribution in [0, 0.1) is 6.92 Å². The Morgan fingerprint density at radius 1 is 1.29 bits per heavy atom. The summed E-state index contributed by atoms with van der Waals surface area (Å²) in [5.74, 6) is 0. The van der Waals surface area contributed by atoms with E-state index in [4.69, 9.17) is 0 Å². The van der Waals surface area contributed by atoms with Crippen molar-refractivity contribution >= 4 is 0 Å². The lowest BCUT2D eigenvalue weighted by molar-refractivity contribution is 0.0594. The lowest BCUT2D eigenvalue weighted by Gasteiger charge is -2.17. The summed E-state index contributed by atoms with van der Waals surface area (Å²) in [4.78, 5) is 0. The zero-order valence-corrected chi connectivity index (χ0v) is 9.59. The minimum atomic E-state index is -0.582. The van der Waals surface area contributed by atoms with Crippen molar-refractivity contribution in [1.29, 1.82) is 0 Å². The van der Waals surface area contributed by atoms with Gasteiger partial charge in [-0.1, -0.05) is 37.6 Å². The van der Waals surface area contributed by atoms with Crippen LogP contribution in [-0.4, -0.2) is 5.11 Å². The summed E-state index contributed by atoms with van der Waals surface area (Å²) in [7, 11) is 0. The molecule has 1 nitrogen and oxygen atoms in total. The largest absolute Gasteiger partial charge is 0.385 e. The molecule has 0 saturated carbocycles. The van der Waals surface area contributed by atoms with E-state index in [-0.39, 0.29) is 0 Å². The van der Waals surface area contributed by atoms with Gasteiger partial charge in [0.2, 0.25) is 0 Å². The number of hydrogen-bond donors (Lipinski definition) is 1. The summed E-state index contributed by atoms with van der Waals surface area (Å²) >= 11 is 0. The minimum absolute atomic E-state index is 0.582. The highest BCUT2D eigenvalue weighted by atomic mass is 16.3. The maximum Gasteiger partial charge on any atom is 0.0874 e. The van der Waals surface area contributed by atoms with Crippen molar-refractivity contribution in [1.82, 2.24) is 0 Å². The van der Waals surface area contributed by atoms with Gasteiger partial charge in [0.1, 0.15) is 0 Å². The van der Waals surface area contributed by atoms with Crippen molar-refractivity contribution < 1.29 is 5.11 Å². The third-order valence-electron chi connectivity index (χ3n) is 2.73. The van der Waals surface area contributed by atoms with Crippen LogP contribution >= 0.6 is 0 Å². The zero-order valence-electron chi connectivity index (χ0n) is 9.59. The Kier molecular flexibility index (Phi) is 3.33. The number of hydrogen-bond acceptors (Lipinski definition) is 1. The third kappa shape index (κ3) is 1.98. The summed E-state index contributed by atoms with van der Waals surface area (Å²) < 4.78 is 0. The molecule has 0 amide bonds. The first-order chi connectivity index (χ1) is 6.59. The van der Waals surface area contributed by atoms with Gasteiger partial charge in [-0.3, -0.25) is 0 Å². The molecule has 0 aromatic heterocycles. The van der Waals surface area contributed by atoms with Crippen LogP contribution in [-0.2, 0) is 12.0 Å². The molecule has 1 atom stereocenters. The number of aryl methyl sites for hydroxylation is 2. The Morgan fingerprint density at radius 3 is 2.57 bits per heavy atom. The van der Waals surface area contributed by atoms with E-state index in [9.17, 15) is 5.11 Å². The monoisotopic (exact) mass is 192 g/mol. The van der Waals surface area contributed by atoms with E-state index in [0.29, 0.717) is 0 Å². The molecule has 0 saturated heterocycles. The normalized spacial score (nSPS) is 23.8. The Bertz CT molecular complexity index is 313. The molecular weight excluding hydrogens is 172 g/mol. The fraction of sp³-hybridized carbons (Fsp3) is 0.538. The Morgan fingerprint density at radius 2 is 1.93 bits per heavy atom. The summed E-state index contributed by atoms with van der Waals surface area (Å²) in [6.45, 7) is 7.97. The van der Waals surface area contributed by atoms with Crippen LogP contribution < -0.4 is 0 Å². The van der Waals surface area contributed by atoms with Gasteiger partial charge >= 0.3 is 0 Å². The first kappa shape index (κ1) is 11.3. The molecule has 1 aromatic rings. The van der Waals surface area contributed by atoms with Gasteiger partial charge < -0.3 is 5.11 Å². The molecule has 1 aliphatic carbocycles. The van der Waals surface area contributed by atoms with Crippen LogP contribution in [0.1, 0.15) is 43.9 Å². The van der Waals surface area contributed by atoms with Crippen molar-refractivity contribution in [3.63, 3.8) is 0 Å². The topological polar surface area (TPSA) is 20.2 Å². The van der Waals surface area contributed by atoms with Gasteiger partial charge in [0.15, 0.2) is 0 Å². The molecule has 78 valence electrons. The Labute approximate surface area is 86.8 Å². The van der Waals surface area contributed by atoms with Crippen molar-refractivity contribution in [3.8, 4) is 0 Å². The van der Waals surface area contributed by atoms with E-state index in [1.807, 2.05) is 20.8 Å². The predicted octanol–water partition coefficient (Wildman–Crippen LogP) is 3.17. The highest BCUT2D eigenvalue weighted by molar-refractivity contribution is 5.39. The van der Waals surface area contributed by atoms with Crippen molar-refractivity contribution in [2.45, 2.75) is 46.1 Å². The third-order valence-corrected chi connectivity index (χ3v) is 2.73. The van der Waals surface area contributed by atoms with Crippen LogP contribution in [0.2, 0.25) is 0 Å². The number of fused-ring (bicyclic) bond motifs is 1. The summed E-state index contributed by atoms with van der Waals surface area (Å²) in [5, 5.41) is 9.97. The summed E-state index contributed by atoms with van der Waals surface area (Å²) in [6.07, 6.45) is 1.88. The molecule has 1 N–H and O–H groups in total. The average Bonchev–Trinajstić information content (AvgIpc) is 2.46. The second kappa shape index (κ2) is 4.14. The van der Waals surface area contributed by atoms with Crippen molar-refractivity contribution in [2.24, 2.45) is 0 Å². The molecule has 0 aliphatic heterocycles. The average molecular weight is 192 g/mol. The van der Waals surface area contributed by atoms with Crippen LogP contribution in [0.15, 0.2) is 18.2 Å². The number of benzene rings is 1. The first-order valence-corrected chi connectivity index (χ1v) is 5.42. The van der Waals surface area contributed by atoms with Crippen molar-refractivity contribution in [3.05, 3.63) is 34.9 Å². The minimum Gasteiger partial charge on any atom is -0.385 e. The maximum absolute atomic E-state index is 9.97. The quantitative estimate of drug-likeness (QED) is 0.669. The Balaban J connectivity index is 0.000000461. The van der Waals surface area contributed by atoms with E-state index in [1.165, 1.54) is 11.1 Å². The molecule has 0 spiro atoms. The maximum atomic E-state index is 9.97.